The maximum Gasteiger partial charge on any atom is 0.124 e. The molecular weight excluding hydrogens is 224 g/mol. The number of hydrogen-bond acceptors (Lipinski definition) is 3. The molecule has 3 rings (SSSR count). The molecule has 1 aromatic rings. The predicted molar refractivity (Wildman–Crippen MR) is 72.9 cm³/mol. The highest BCUT2D eigenvalue weighted by Crippen LogP contribution is 2.37. The zero-order valence-electron chi connectivity index (χ0n) is 11.2. The first kappa shape index (κ1) is 12.0. The molecule has 18 heavy (non-hydrogen) atoms. The fourth-order valence-electron chi connectivity index (χ4n) is 3.17. The molecule has 2 aliphatic heterocycles. The van der Waals surface area contributed by atoms with Crippen LogP contribution in [0.15, 0.2) is 24.3 Å². The summed E-state index contributed by atoms with van der Waals surface area (Å²) in [5.74, 6) is 1.07. The third-order valence-electron chi connectivity index (χ3n) is 4.20. The van der Waals surface area contributed by atoms with Crippen molar-refractivity contribution < 1.29 is 4.74 Å². The van der Waals surface area contributed by atoms with Crippen LogP contribution in [-0.2, 0) is 0 Å². The molecule has 3 nitrogen and oxygen atoms in total. The average Bonchev–Trinajstić information content (AvgIpc) is 2.82. The Bertz CT molecular complexity index is 421. The number of fused-ring (bicyclic) bond motifs is 1. The normalized spacial score (nSPS) is 32.0. The monoisotopic (exact) mass is 246 g/mol. The fraction of sp³-hybridized carbons (Fsp3) is 0.600. The van der Waals surface area contributed by atoms with Gasteiger partial charge >= 0.3 is 0 Å². The van der Waals surface area contributed by atoms with E-state index in [1.807, 2.05) is 0 Å². The van der Waals surface area contributed by atoms with Gasteiger partial charge in [0, 0.05) is 30.7 Å². The number of nitrogens with one attached hydrogen (secondary N) is 1. The van der Waals surface area contributed by atoms with Crippen LogP contribution in [-0.4, -0.2) is 36.7 Å². The summed E-state index contributed by atoms with van der Waals surface area (Å²) in [6, 6.07) is 10.1. The third kappa shape index (κ3) is 2.02. The predicted octanol–water partition coefficient (Wildman–Crippen LogP) is 2.19. The second-order valence-corrected chi connectivity index (χ2v) is 5.43. The first-order chi connectivity index (χ1) is 8.79. The van der Waals surface area contributed by atoms with Crippen LogP contribution in [0.25, 0.3) is 0 Å². The van der Waals surface area contributed by atoms with Gasteiger partial charge in [0.25, 0.3) is 0 Å². The molecule has 0 radical (unpaired) electrons. The molecule has 0 bridgehead atoms. The number of para-hydroxylation sites is 1. The Morgan fingerprint density at radius 2 is 2.22 bits per heavy atom. The Kier molecular flexibility index (Phi) is 3.27. The molecule has 2 heterocycles. The third-order valence-corrected chi connectivity index (χ3v) is 4.20. The molecule has 0 aliphatic carbocycles. The van der Waals surface area contributed by atoms with Crippen LogP contribution >= 0.6 is 0 Å². The highest BCUT2D eigenvalue weighted by atomic mass is 16.5. The lowest BCUT2D eigenvalue weighted by atomic mass is 10.0. The zero-order valence-corrected chi connectivity index (χ0v) is 11.2. The lowest BCUT2D eigenvalue weighted by molar-refractivity contribution is 0.0700. The lowest BCUT2D eigenvalue weighted by Gasteiger charge is -2.42. The SMILES string of the molecule is CCC1CNC(C)CN1C1COc2ccccc21. The minimum absolute atomic E-state index is 0.440. The highest BCUT2D eigenvalue weighted by molar-refractivity contribution is 5.39. The largest absolute Gasteiger partial charge is 0.491 e. The molecule has 3 heteroatoms. The number of piperazine rings is 1. The second kappa shape index (κ2) is 4.90. The van der Waals surface area contributed by atoms with Crippen molar-refractivity contribution in [1.29, 1.82) is 0 Å². The zero-order chi connectivity index (χ0) is 12.5. The van der Waals surface area contributed by atoms with Crippen molar-refractivity contribution in [1.82, 2.24) is 10.2 Å². The van der Waals surface area contributed by atoms with Gasteiger partial charge in [-0.1, -0.05) is 25.1 Å². The minimum Gasteiger partial charge on any atom is -0.491 e. The van der Waals surface area contributed by atoms with Gasteiger partial charge in [-0.2, -0.15) is 0 Å². The fourth-order valence-corrected chi connectivity index (χ4v) is 3.17. The van der Waals surface area contributed by atoms with Crippen LogP contribution in [0.1, 0.15) is 31.9 Å². The quantitative estimate of drug-likeness (QED) is 0.865. The average molecular weight is 246 g/mol. The van der Waals surface area contributed by atoms with Crippen LogP contribution in [0.2, 0.25) is 0 Å². The summed E-state index contributed by atoms with van der Waals surface area (Å²) in [7, 11) is 0. The number of hydrogen-bond donors (Lipinski definition) is 1. The van der Waals surface area contributed by atoms with E-state index in [9.17, 15) is 0 Å². The van der Waals surface area contributed by atoms with E-state index in [4.69, 9.17) is 4.74 Å². The molecule has 0 spiro atoms. The van der Waals surface area contributed by atoms with Gasteiger partial charge in [0.2, 0.25) is 0 Å². The topological polar surface area (TPSA) is 24.5 Å². The Hall–Kier alpha value is -1.06. The van der Waals surface area contributed by atoms with Gasteiger partial charge in [0.1, 0.15) is 12.4 Å². The van der Waals surface area contributed by atoms with Crippen molar-refractivity contribution in [3.8, 4) is 5.75 Å². The first-order valence-electron chi connectivity index (χ1n) is 7.00. The molecule has 2 aliphatic rings. The van der Waals surface area contributed by atoms with E-state index in [-0.39, 0.29) is 0 Å². The molecule has 1 fully saturated rings. The van der Waals surface area contributed by atoms with Crippen LogP contribution < -0.4 is 10.1 Å². The van der Waals surface area contributed by atoms with Crippen molar-refractivity contribution >= 4 is 0 Å². The van der Waals surface area contributed by atoms with Gasteiger partial charge in [-0.3, -0.25) is 4.90 Å². The van der Waals surface area contributed by atoms with E-state index in [1.54, 1.807) is 0 Å². The standard InChI is InChI=1S/C15H22N2O/c1-3-12-8-16-11(2)9-17(12)14-10-18-15-7-5-4-6-13(14)15/h4-7,11-12,14,16H,3,8-10H2,1-2H3. The second-order valence-electron chi connectivity index (χ2n) is 5.43. The summed E-state index contributed by atoms with van der Waals surface area (Å²) in [5.41, 5.74) is 1.37. The summed E-state index contributed by atoms with van der Waals surface area (Å²) in [5, 5.41) is 3.58. The molecule has 98 valence electrons. The van der Waals surface area contributed by atoms with Crippen LogP contribution in [0.5, 0.6) is 5.75 Å². The number of nitrogens with zero attached hydrogens (tertiary/aromatic N) is 1. The van der Waals surface area contributed by atoms with Gasteiger partial charge in [-0.05, 0) is 19.4 Å². The molecule has 0 aromatic heterocycles. The molecule has 3 atom stereocenters. The Morgan fingerprint density at radius 3 is 3.06 bits per heavy atom. The minimum atomic E-state index is 0.440. The van der Waals surface area contributed by atoms with Crippen LogP contribution in [0.3, 0.4) is 0 Å². The van der Waals surface area contributed by atoms with E-state index < -0.39 is 0 Å². The van der Waals surface area contributed by atoms with Crippen molar-refractivity contribution in [3.63, 3.8) is 0 Å². The van der Waals surface area contributed by atoms with Gasteiger partial charge in [-0.15, -0.1) is 0 Å². The molecule has 0 saturated carbocycles. The van der Waals surface area contributed by atoms with E-state index in [1.165, 1.54) is 12.0 Å². The summed E-state index contributed by atoms with van der Waals surface area (Å²) in [6.45, 7) is 7.55. The van der Waals surface area contributed by atoms with Gasteiger partial charge in [-0.25, -0.2) is 0 Å². The Morgan fingerprint density at radius 1 is 1.39 bits per heavy atom. The van der Waals surface area contributed by atoms with Gasteiger partial charge in [0.05, 0.1) is 6.04 Å². The van der Waals surface area contributed by atoms with Crippen LogP contribution in [0.4, 0.5) is 0 Å². The van der Waals surface area contributed by atoms with Crippen molar-refractivity contribution in [2.24, 2.45) is 0 Å². The van der Waals surface area contributed by atoms with Crippen molar-refractivity contribution in [2.45, 2.75) is 38.4 Å². The van der Waals surface area contributed by atoms with Gasteiger partial charge < -0.3 is 10.1 Å². The molecule has 3 unspecified atom stereocenters. The first-order valence-corrected chi connectivity index (χ1v) is 7.00. The van der Waals surface area contributed by atoms with Crippen LogP contribution in [0, 0.1) is 0 Å². The lowest BCUT2D eigenvalue weighted by Crippen LogP contribution is -2.56. The highest BCUT2D eigenvalue weighted by Gasteiger charge is 2.35. The maximum absolute atomic E-state index is 5.83. The summed E-state index contributed by atoms with van der Waals surface area (Å²) < 4.78 is 5.83. The van der Waals surface area contributed by atoms with Crippen molar-refractivity contribution in [2.75, 3.05) is 19.7 Å². The molecule has 1 N–H and O–H groups in total. The van der Waals surface area contributed by atoms with E-state index in [0.717, 1.165) is 25.4 Å². The Labute approximate surface area is 109 Å². The van der Waals surface area contributed by atoms with Gasteiger partial charge in [0.15, 0.2) is 0 Å². The van der Waals surface area contributed by atoms with E-state index in [2.05, 4.69) is 48.3 Å². The number of ether oxygens (including phenoxy) is 1. The molecule has 0 amide bonds. The summed E-state index contributed by atoms with van der Waals surface area (Å²) in [4.78, 5) is 2.63. The number of benzene rings is 1. The molecule has 1 aromatic carbocycles. The van der Waals surface area contributed by atoms with Crippen molar-refractivity contribution in [3.05, 3.63) is 29.8 Å². The number of rotatable bonds is 2. The summed E-state index contributed by atoms with van der Waals surface area (Å²) in [6.07, 6.45) is 1.19. The summed E-state index contributed by atoms with van der Waals surface area (Å²) >= 11 is 0. The maximum atomic E-state index is 5.83. The van der Waals surface area contributed by atoms with E-state index in [0.29, 0.717) is 18.1 Å². The Balaban J connectivity index is 1.85. The molecule has 1 saturated heterocycles. The van der Waals surface area contributed by atoms with E-state index >= 15 is 0 Å². The smallest absolute Gasteiger partial charge is 0.124 e. The molecular formula is C15H22N2O.